The molecule has 0 spiro atoms. The summed E-state index contributed by atoms with van der Waals surface area (Å²) in [7, 11) is 0. The lowest BCUT2D eigenvalue weighted by Gasteiger charge is -2.29. The third-order valence-electron chi connectivity index (χ3n) is 3.28. The van der Waals surface area contributed by atoms with Gasteiger partial charge in [0, 0.05) is 31.9 Å². The Morgan fingerprint density at radius 1 is 1.48 bits per heavy atom. The van der Waals surface area contributed by atoms with Crippen LogP contribution in [0.15, 0.2) is 29.8 Å². The van der Waals surface area contributed by atoms with Crippen LogP contribution < -0.4 is 10.2 Å². The molecule has 0 aromatic heterocycles. The van der Waals surface area contributed by atoms with Gasteiger partial charge in [0.1, 0.15) is 11.6 Å². The summed E-state index contributed by atoms with van der Waals surface area (Å²) in [4.78, 5) is 13.9. The Kier molecular flexibility index (Phi) is 5.35. The highest BCUT2D eigenvalue weighted by Gasteiger charge is 2.12. The SMILES string of the molecule is CCOC(=O)/C(C#N)=C/c1cccc(N2CCNCC2)c1. The average Bonchev–Trinajstić information content (AvgIpc) is 2.54. The summed E-state index contributed by atoms with van der Waals surface area (Å²) in [5.41, 5.74) is 1.95. The van der Waals surface area contributed by atoms with E-state index < -0.39 is 5.97 Å². The van der Waals surface area contributed by atoms with Crippen LogP contribution in [0.1, 0.15) is 12.5 Å². The second-order valence-electron chi connectivity index (χ2n) is 4.72. The molecule has 0 unspecified atom stereocenters. The van der Waals surface area contributed by atoms with Gasteiger partial charge in [0.15, 0.2) is 0 Å². The van der Waals surface area contributed by atoms with Crippen molar-refractivity contribution in [3.05, 3.63) is 35.4 Å². The van der Waals surface area contributed by atoms with E-state index in [2.05, 4.69) is 10.2 Å². The van der Waals surface area contributed by atoms with Crippen molar-refractivity contribution in [2.45, 2.75) is 6.92 Å². The first-order valence-electron chi connectivity index (χ1n) is 7.09. The van der Waals surface area contributed by atoms with Gasteiger partial charge in [0.05, 0.1) is 6.61 Å². The van der Waals surface area contributed by atoms with Gasteiger partial charge in [-0.25, -0.2) is 4.79 Å². The van der Waals surface area contributed by atoms with Gasteiger partial charge in [-0.15, -0.1) is 0 Å². The molecule has 1 saturated heterocycles. The molecule has 1 aliphatic heterocycles. The lowest BCUT2D eigenvalue weighted by molar-refractivity contribution is -0.137. The molecule has 1 aromatic carbocycles. The monoisotopic (exact) mass is 285 g/mol. The molecular weight excluding hydrogens is 266 g/mol. The number of anilines is 1. The Morgan fingerprint density at radius 2 is 2.24 bits per heavy atom. The van der Waals surface area contributed by atoms with Crippen molar-refractivity contribution in [3.8, 4) is 6.07 Å². The van der Waals surface area contributed by atoms with Crippen LogP contribution in [0.4, 0.5) is 5.69 Å². The van der Waals surface area contributed by atoms with Crippen LogP contribution in [-0.4, -0.2) is 38.8 Å². The minimum atomic E-state index is -0.576. The average molecular weight is 285 g/mol. The molecule has 1 aliphatic rings. The van der Waals surface area contributed by atoms with Gasteiger partial charge in [0.2, 0.25) is 0 Å². The van der Waals surface area contributed by atoms with E-state index in [0.717, 1.165) is 37.4 Å². The number of hydrogen-bond acceptors (Lipinski definition) is 5. The Balaban J connectivity index is 2.20. The van der Waals surface area contributed by atoms with Gasteiger partial charge in [-0.3, -0.25) is 0 Å². The number of nitriles is 1. The molecular formula is C16H19N3O2. The molecule has 0 radical (unpaired) electrons. The quantitative estimate of drug-likeness (QED) is 0.517. The van der Waals surface area contributed by atoms with E-state index in [4.69, 9.17) is 10.00 Å². The number of ether oxygens (including phenoxy) is 1. The van der Waals surface area contributed by atoms with Crippen LogP contribution in [0.25, 0.3) is 6.08 Å². The lowest BCUT2D eigenvalue weighted by atomic mass is 10.1. The number of hydrogen-bond donors (Lipinski definition) is 1. The zero-order chi connectivity index (χ0) is 15.1. The standard InChI is InChI=1S/C16H19N3O2/c1-2-21-16(20)14(12-17)10-13-4-3-5-15(11-13)19-8-6-18-7-9-19/h3-5,10-11,18H,2,6-9H2,1H3/b14-10+. The summed E-state index contributed by atoms with van der Waals surface area (Å²) < 4.78 is 4.87. The fourth-order valence-corrected chi connectivity index (χ4v) is 2.25. The van der Waals surface area contributed by atoms with Gasteiger partial charge < -0.3 is 15.0 Å². The molecule has 5 nitrogen and oxygen atoms in total. The Bertz CT molecular complexity index is 569. The largest absolute Gasteiger partial charge is 0.462 e. The highest BCUT2D eigenvalue weighted by molar-refractivity contribution is 5.98. The number of rotatable bonds is 4. The van der Waals surface area contributed by atoms with Crippen LogP contribution in [0.3, 0.4) is 0 Å². The molecule has 1 N–H and O–H groups in total. The highest BCUT2D eigenvalue weighted by atomic mass is 16.5. The molecule has 0 atom stereocenters. The van der Waals surface area contributed by atoms with Crippen LogP contribution in [-0.2, 0) is 9.53 Å². The number of nitrogens with one attached hydrogen (secondary N) is 1. The van der Waals surface area contributed by atoms with Gasteiger partial charge in [-0.1, -0.05) is 12.1 Å². The number of nitrogens with zero attached hydrogens (tertiary/aromatic N) is 2. The molecule has 0 aliphatic carbocycles. The molecule has 1 aromatic rings. The molecule has 5 heteroatoms. The van der Waals surface area contributed by atoms with Gasteiger partial charge in [-0.05, 0) is 30.7 Å². The zero-order valence-corrected chi connectivity index (χ0v) is 12.1. The van der Waals surface area contributed by atoms with E-state index in [9.17, 15) is 4.79 Å². The minimum absolute atomic E-state index is 0.0225. The first kappa shape index (κ1) is 15.1. The summed E-state index contributed by atoms with van der Waals surface area (Å²) in [6, 6.07) is 9.74. The molecule has 2 rings (SSSR count). The highest BCUT2D eigenvalue weighted by Crippen LogP contribution is 2.18. The van der Waals surface area contributed by atoms with E-state index in [1.54, 1.807) is 13.0 Å². The van der Waals surface area contributed by atoms with Crippen LogP contribution in [0.2, 0.25) is 0 Å². The summed E-state index contributed by atoms with van der Waals surface area (Å²) in [6.45, 7) is 5.82. The van der Waals surface area contributed by atoms with Crippen LogP contribution in [0, 0.1) is 11.3 Å². The van der Waals surface area contributed by atoms with Crippen molar-refractivity contribution >= 4 is 17.7 Å². The number of piperazine rings is 1. The second kappa shape index (κ2) is 7.46. The maximum Gasteiger partial charge on any atom is 0.348 e. The summed E-state index contributed by atoms with van der Waals surface area (Å²) in [5, 5.41) is 12.4. The van der Waals surface area contributed by atoms with Gasteiger partial charge in [0.25, 0.3) is 0 Å². The van der Waals surface area contributed by atoms with E-state index in [0.29, 0.717) is 0 Å². The molecule has 0 amide bonds. The number of carbonyl (C=O) groups excluding carboxylic acids is 1. The minimum Gasteiger partial charge on any atom is -0.462 e. The smallest absolute Gasteiger partial charge is 0.348 e. The topological polar surface area (TPSA) is 65.4 Å². The number of esters is 1. The fourth-order valence-electron chi connectivity index (χ4n) is 2.25. The molecule has 0 bridgehead atoms. The predicted molar refractivity (Wildman–Crippen MR) is 81.7 cm³/mol. The summed E-state index contributed by atoms with van der Waals surface area (Å²) >= 11 is 0. The van der Waals surface area contributed by atoms with E-state index in [1.807, 2.05) is 30.3 Å². The van der Waals surface area contributed by atoms with Crippen molar-refractivity contribution in [2.75, 3.05) is 37.7 Å². The zero-order valence-electron chi connectivity index (χ0n) is 12.1. The first-order chi connectivity index (χ1) is 10.2. The number of benzene rings is 1. The molecule has 21 heavy (non-hydrogen) atoms. The Hall–Kier alpha value is -2.32. The Labute approximate surface area is 124 Å². The second-order valence-corrected chi connectivity index (χ2v) is 4.72. The normalized spacial score (nSPS) is 15.4. The third-order valence-corrected chi connectivity index (χ3v) is 3.28. The van der Waals surface area contributed by atoms with Crippen molar-refractivity contribution in [2.24, 2.45) is 0 Å². The summed E-state index contributed by atoms with van der Waals surface area (Å²) in [6.07, 6.45) is 1.57. The molecule has 0 saturated carbocycles. The van der Waals surface area contributed by atoms with E-state index >= 15 is 0 Å². The van der Waals surface area contributed by atoms with E-state index in [-0.39, 0.29) is 12.2 Å². The van der Waals surface area contributed by atoms with E-state index in [1.165, 1.54) is 0 Å². The van der Waals surface area contributed by atoms with Crippen molar-refractivity contribution < 1.29 is 9.53 Å². The Morgan fingerprint density at radius 3 is 2.90 bits per heavy atom. The van der Waals surface area contributed by atoms with Crippen LogP contribution >= 0.6 is 0 Å². The van der Waals surface area contributed by atoms with Crippen molar-refractivity contribution in [3.63, 3.8) is 0 Å². The third kappa shape index (κ3) is 4.07. The first-order valence-corrected chi connectivity index (χ1v) is 7.09. The maximum atomic E-state index is 11.6. The predicted octanol–water partition coefficient (Wildman–Crippen LogP) is 1.57. The maximum absolute atomic E-state index is 11.6. The van der Waals surface area contributed by atoms with Crippen molar-refractivity contribution in [1.82, 2.24) is 5.32 Å². The summed E-state index contributed by atoms with van der Waals surface area (Å²) in [5.74, 6) is -0.576. The molecule has 1 fully saturated rings. The number of carbonyl (C=O) groups is 1. The van der Waals surface area contributed by atoms with Gasteiger partial charge in [-0.2, -0.15) is 5.26 Å². The van der Waals surface area contributed by atoms with Gasteiger partial charge >= 0.3 is 5.97 Å². The van der Waals surface area contributed by atoms with Crippen LogP contribution in [0.5, 0.6) is 0 Å². The molecule has 1 heterocycles. The lowest BCUT2D eigenvalue weighted by Crippen LogP contribution is -2.43. The molecule has 110 valence electrons. The fraction of sp³-hybridized carbons (Fsp3) is 0.375. The van der Waals surface area contributed by atoms with Crippen molar-refractivity contribution in [1.29, 1.82) is 5.26 Å².